The first kappa shape index (κ1) is 28.5. The summed E-state index contributed by atoms with van der Waals surface area (Å²) in [4.78, 5) is 37.5. The monoisotopic (exact) mass is 527 g/mol. The fourth-order valence-corrected chi connectivity index (χ4v) is 3.82. The van der Waals surface area contributed by atoms with Crippen LogP contribution in [0.3, 0.4) is 0 Å². The number of rotatable bonds is 9. The Hall–Kier alpha value is -2.78. The maximum Gasteiger partial charge on any atom is 0.408 e. The molecule has 0 fully saturated rings. The highest BCUT2D eigenvalue weighted by Crippen LogP contribution is 2.25. The van der Waals surface area contributed by atoms with E-state index in [0.29, 0.717) is 17.9 Å². The van der Waals surface area contributed by atoms with Gasteiger partial charge >= 0.3 is 12.1 Å². The summed E-state index contributed by atoms with van der Waals surface area (Å²) in [6.45, 7) is 9.33. The molecule has 0 saturated heterocycles. The number of amides is 2. The molecule has 2 amide bonds. The van der Waals surface area contributed by atoms with Gasteiger partial charge in [0, 0.05) is 12.5 Å². The summed E-state index contributed by atoms with van der Waals surface area (Å²) < 4.78 is 15.6. The summed E-state index contributed by atoms with van der Waals surface area (Å²) in [5.74, 6) is -0.789. The molecule has 0 bridgehead atoms. The van der Waals surface area contributed by atoms with E-state index in [0.717, 1.165) is 0 Å². The van der Waals surface area contributed by atoms with Crippen LogP contribution in [0, 0.1) is 5.92 Å². The van der Waals surface area contributed by atoms with Gasteiger partial charge in [-0.05, 0) is 45.2 Å². The highest BCUT2D eigenvalue weighted by Gasteiger charge is 2.28. The fourth-order valence-electron chi connectivity index (χ4n) is 3.25. The van der Waals surface area contributed by atoms with Gasteiger partial charge in [0.25, 0.3) is 5.91 Å². The first-order valence-corrected chi connectivity index (χ1v) is 11.8. The van der Waals surface area contributed by atoms with Gasteiger partial charge in [0.2, 0.25) is 0 Å². The molecule has 0 aliphatic carbocycles. The van der Waals surface area contributed by atoms with Crippen molar-refractivity contribution in [3.8, 4) is 0 Å². The van der Waals surface area contributed by atoms with Crippen LogP contribution in [0.4, 0.5) is 4.79 Å². The first-order chi connectivity index (χ1) is 16.3. The smallest absolute Gasteiger partial charge is 0.408 e. The average Bonchev–Trinajstić information content (AvgIpc) is 3.19. The van der Waals surface area contributed by atoms with Crippen molar-refractivity contribution in [1.82, 2.24) is 15.8 Å². The Morgan fingerprint density at radius 3 is 2.29 bits per heavy atom. The van der Waals surface area contributed by atoms with Crippen LogP contribution in [-0.4, -0.2) is 41.9 Å². The van der Waals surface area contributed by atoms with Crippen LogP contribution in [0.5, 0.6) is 0 Å². The van der Waals surface area contributed by atoms with Gasteiger partial charge < -0.3 is 24.6 Å². The number of nitrogens with zero attached hydrogens (tertiary/aromatic N) is 1. The molecular weight excluding hydrogens is 497 g/mol. The van der Waals surface area contributed by atoms with E-state index in [1.165, 1.54) is 19.2 Å². The quantitative estimate of drug-likeness (QED) is 0.434. The van der Waals surface area contributed by atoms with Gasteiger partial charge in [0.05, 0.1) is 28.8 Å². The van der Waals surface area contributed by atoms with Crippen molar-refractivity contribution >= 4 is 41.2 Å². The molecule has 1 aromatic heterocycles. The molecule has 1 heterocycles. The molecule has 0 saturated carbocycles. The number of alkyl carbamates (subject to hydrolysis) is 1. The average molecular weight is 528 g/mol. The van der Waals surface area contributed by atoms with E-state index in [4.69, 9.17) is 37.2 Å². The van der Waals surface area contributed by atoms with Crippen LogP contribution < -0.4 is 10.6 Å². The molecule has 2 rings (SSSR count). The minimum atomic E-state index is -1.09. The number of ether oxygens (including phenoxy) is 2. The summed E-state index contributed by atoms with van der Waals surface area (Å²) in [7, 11) is 1.21. The minimum Gasteiger partial charge on any atom is -0.467 e. The zero-order valence-corrected chi connectivity index (χ0v) is 22.1. The summed E-state index contributed by atoms with van der Waals surface area (Å²) in [6.07, 6.45) is -0.0501. The van der Waals surface area contributed by atoms with Crippen molar-refractivity contribution in [1.29, 1.82) is 0 Å². The molecule has 2 aromatic rings. The molecule has 2 N–H and O–H groups in total. The van der Waals surface area contributed by atoms with E-state index >= 15 is 0 Å². The van der Waals surface area contributed by atoms with Gasteiger partial charge in [-0.25, -0.2) is 9.59 Å². The van der Waals surface area contributed by atoms with Crippen molar-refractivity contribution in [3.63, 3.8) is 0 Å². The van der Waals surface area contributed by atoms with E-state index in [1.54, 1.807) is 32.9 Å². The zero-order valence-electron chi connectivity index (χ0n) is 20.6. The molecule has 2 atom stereocenters. The number of esters is 1. The molecule has 35 heavy (non-hydrogen) atoms. The topological polar surface area (TPSA) is 120 Å². The number of aromatic nitrogens is 1. The largest absolute Gasteiger partial charge is 0.467 e. The van der Waals surface area contributed by atoms with Gasteiger partial charge in [0.15, 0.2) is 0 Å². The van der Waals surface area contributed by atoms with E-state index in [9.17, 15) is 14.4 Å². The molecule has 9 nitrogen and oxygen atoms in total. The number of halogens is 2. The van der Waals surface area contributed by atoms with Crippen LogP contribution in [0.15, 0.2) is 28.8 Å². The number of hydrogen-bond acceptors (Lipinski definition) is 7. The molecule has 0 aliphatic rings. The third-order valence-corrected chi connectivity index (χ3v) is 5.35. The molecule has 192 valence electrons. The second-order valence-corrected chi connectivity index (χ2v) is 10.2. The maximum atomic E-state index is 12.8. The van der Waals surface area contributed by atoms with Crippen molar-refractivity contribution in [2.75, 3.05) is 7.11 Å². The summed E-state index contributed by atoms with van der Waals surface area (Å²) >= 11 is 12.2. The molecule has 0 aliphatic heterocycles. The van der Waals surface area contributed by atoms with Crippen molar-refractivity contribution in [2.45, 2.75) is 65.1 Å². The number of carbonyl (C=O) groups excluding carboxylic acids is 3. The highest BCUT2D eigenvalue weighted by atomic mass is 35.5. The maximum absolute atomic E-state index is 12.8. The second kappa shape index (κ2) is 12.3. The van der Waals surface area contributed by atoms with Crippen LogP contribution in [0.25, 0.3) is 0 Å². The number of carbonyl (C=O) groups is 3. The third kappa shape index (κ3) is 8.74. The summed E-state index contributed by atoms with van der Waals surface area (Å²) in [5.41, 5.74) is -0.150. The van der Waals surface area contributed by atoms with Crippen LogP contribution >= 0.6 is 23.2 Å². The lowest BCUT2D eigenvalue weighted by molar-refractivity contribution is -0.142. The van der Waals surface area contributed by atoms with Gasteiger partial charge in [0.1, 0.15) is 23.1 Å². The predicted molar refractivity (Wildman–Crippen MR) is 132 cm³/mol. The van der Waals surface area contributed by atoms with E-state index in [-0.39, 0.29) is 27.9 Å². The molecule has 1 aromatic carbocycles. The molecular formula is C24H31Cl2N3O6. The molecule has 0 radical (unpaired) electrons. The van der Waals surface area contributed by atoms with Gasteiger partial charge in [-0.15, -0.1) is 0 Å². The van der Waals surface area contributed by atoms with E-state index in [2.05, 4.69) is 15.8 Å². The Balaban J connectivity index is 2.20. The van der Waals surface area contributed by atoms with Crippen LogP contribution in [-0.2, 0) is 20.7 Å². The first-order valence-electron chi connectivity index (χ1n) is 11.1. The van der Waals surface area contributed by atoms with Crippen molar-refractivity contribution in [3.05, 3.63) is 51.3 Å². The van der Waals surface area contributed by atoms with Crippen molar-refractivity contribution in [2.24, 2.45) is 5.92 Å². The lowest BCUT2D eigenvalue weighted by Gasteiger charge is -2.23. The lowest BCUT2D eigenvalue weighted by atomic mass is 10.0. The molecule has 11 heteroatoms. The Labute approximate surface area is 214 Å². The number of benzene rings is 1. The molecule has 0 spiro atoms. The number of methoxy groups -OCH3 is 1. The Morgan fingerprint density at radius 2 is 1.74 bits per heavy atom. The third-order valence-electron chi connectivity index (χ3n) is 4.72. The Bertz CT molecular complexity index is 1030. The summed E-state index contributed by atoms with van der Waals surface area (Å²) in [6, 6.07) is 4.69. The minimum absolute atomic E-state index is 0.0431. The number of hydrogen-bond donors (Lipinski definition) is 2. The normalized spacial score (nSPS) is 13.2. The standard InChI is InChI=1S/C24H31Cl2N3O6/c1-13(2)10-17(28-23(32)34-24(3,4)5)18-11-14(35-29-18)12-19(22(31)33-6)27-21(30)20-15(25)8-7-9-16(20)26/h7-9,11,13,17,19H,10,12H2,1-6H3,(H,27,30)(H,28,32). The Kier molecular flexibility index (Phi) is 9.97. The lowest BCUT2D eigenvalue weighted by Crippen LogP contribution is -2.43. The van der Waals surface area contributed by atoms with Gasteiger partial charge in [-0.2, -0.15) is 0 Å². The Morgan fingerprint density at radius 1 is 1.11 bits per heavy atom. The van der Waals surface area contributed by atoms with Gasteiger partial charge in [-0.1, -0.05) is 48.3 Å². The summed E-state index contributed by atoms with van der Waals surface area (Å²) in [5, 5.41) is 9.75. The fraction of sp³-hybridized carbons (Fsp3) is 0.500. The predicted octanol–water partition coefficient (Wildman–Crippen LogP) is 5.11. The highest BCUT2D eigenvalue weighted by molar-refractivity contribution is 6.39. The zero-order chi connectivity index (χ0) is 26.3. The van der Waals surface area contributed by atoms with Crippen LogP contribution in [0.1, 0.15) is 68.9 Å². The van der Waals surface area contributed by atoms with Gasteiger partial charge in [-0.3, -0.25) is 4.79 Å². The SMILES string of the molecule is COC(=O)C(Cc1cc(C(CC(C)C)NC(=O)OC(C)(C)C)no1)NC(=O)c1c(Cl)cccc1Cl. The van der Waals surface area contributed by atoms with Crippen LogP contribution in [0.2, 0.25) is 10.0 Å². The molecule has 2 unspecified atom stereocenters. The van der Waals surface area contributed by atoms with Crippen molar-refractivity contribution < 1.29 is 28.4 Å². The van der Waals surface area contributed by atoms with E-state index in [1.807, 2.05) is 13.8 Å². The second-order valence-electron chi connectivity index (χ2n) is 9.40. The number of nitrogens with one attached hydrogen (secondary N) is 2. The van der Waals surface area contributed by atoms with E-state index < -0.39 is 35.7 Å².